The Labute approximate surface area is 227 Å². The number of piperazine rings is 1. The van der Waals surface area contributed by atoms with Crippen LogP contribution in [0.1, 0.15) is 63.5 Å². The van der Waals surface area contributed by atoms with Gasteiger partial charge in [-0.25, -0.2) is 0 Å². The Balaban J connectivity index is 1.29. The highest BCUT2D eigenvalue weighted by Crippen LogP contribution is 2.40. The molecule has 1 saturated carbocycles. The van der Waals surface area contributed by atoms with Gasteiger partial charge in [0, 0.05) is 55.6 Å². The molecule has 0 radical (unpaired) electrons. The molecule has 0 bridgehead atoms. The van der Waals surface area contributed by atoms with Crippen LogP contribution >= 0.6 is 0 Å². The van der Waals surface area contributed by atoms with Crippen molar-refractivity contribution in [3.05, 3.63) is 47.5 Å². The van der Waals surface area contributed by atoms with Crippen molar-refractivity contribution in [2.45, 2.75) is 64.8 Å². The topological polar surface area (TPSA) is 57.8 Å². The summed E-state index contributed by atoms with van der Waals surface area (Å²) in [7, 11) is 3.36. The predicted molar refractivity (Wildman–Crippen MR) is 154 cm³/mol. The van der Waals surface area contributed by atoms with Crippen molar-refractivity contribution in [3.8, 4) is 22.8 Å². The lowest BCUT2D eigenvalue weighted by Gasteiger charge is -2.41. The molecule has 38 heavy (non-hydrogen) atoms. The van der Waals surface area contributed by atoms with Crippen LogP contribution in [0.4, 0.5) is 0 Å². The van der Waals surface area contributed by atoms with Crippen LogP contribution in [-0.4, -0.2) is 67.1 Å². The zero-order chi connectivity index (χ0) is 26.8. The van der Waals surface area contributed by atoms with Crippen LogP contribution < -0.4 is 9.47 Å². The van der Waals surface area contributed by atoms with Gasteiger partial charge in [-0.05, 0) is 85.4 Å². The van der Waals surface area contributed by atoms with Crippen molar-refractivity contribution >= 4 is 16.8 Å². The molecule has 0 atom stereocenters. The Morgan fingerprint density at radius 1 is 0.947 bits per heavy atom. The number of nitrogens with one attached hydrogen (secondary N) is 1. The van der Waals surface area contributed by atoms with E-state index < -0.39 is 0 Å². The summed E-state index contributed by atoms with van der Waals surface area (Å²) in [4.78, 5) is 20.0. The third-order valence-corrected chi connectivity index (χ3v) is 8.77. The molecule has 3 aromatic rings. The molecule has 1 aliphatic carbocycles. The molecule has 0 spiro atoms. The maximum atomic E-state index is 11.7. The van der Waals surface area contributed by atoms with Gasteiger partial charge in [0.2, 0.25) is 5.91 Å². The summed E-state index contributed by atoms with van der Waals surface area (Å²) in [6.45, 7) is 10.1. The summed E-state index contributed by atoms with van der Waals surface area (Å²) in [5.74, 6) is 2.84. The number of fused-ring (bicyclic) bond motifs is 1. The van der Waals surface area contributed by atoms with Gasteiger partial charge < -0.3 is 19.4 Å². The molecule has 2 aromatic carbocycles. The Bertz CT molecular complexity index is 1260. The number of hydrogen-bond acceptors (Lipinski definition) is 4. The monoisotopic (exact) mass is 517 g/mol. The third-order valence-electron chi connectivity index (χ3n) is 8.77. The van der Waals surface area contributed by atoms with Crippen molar-refractivity contribution in [1.29, 1.82) is 0 Å². The molecule has 6 heteroatoms. The number of H-pyrrole nitrogens is 1. The van der Waals surface area contributed by atoms with E-state index in [9.17, 15) is 4.79 Å². The van der Waals surface area contributed by atoms with E-state index in [0.717, 1.165) is 55.6 Å². The molecule has 1 saturated heterocycles. The molecule has 1 amide bonds. The summed E-state index contributed by atoms with van der Waals surface area (Å²) in [5, 5.41) is 1.33. The van der Waals surface area contributed by atoms with Crippen molar-refractivity contribution < 1.29 is 14.3 Å². The van der Waals surface area contributed by atoms with Gasteiger partial charge >= 0.3 is 0 Å². The van der Waals surface area contributed by atoms with Crippen LogP contribution in [0.25, 0.3) is 22.2 Å². The number of carbonyl (C=O) groups excluding carboxylic acids is 1. The van der Waals surface area contributed by atoms with Gasteiger partial charge in [-0.15, -0.1) is 0 Å². The van der Waals surface area contributed by atoms with E-state index in [1.807, 2.05) is 11.0 Å². The highest BCUT2D eigenvalue weighted by molar-refractivity contribution is 5.92. The van der Waals surface area contributed by atoms with Gasteiger partial charge in [0.15, 0.2) is 11.5 Å². The number of aromatic nitrogens is 1. The number of aromatic amines is 1. The standard InChI is InChI=1S/C32H43N3O3/c1-21(2)31-27-19-24(8-12-28(27)33-32(31)25-9-13-29(37-4)30(20-25)38-5)18-23-6-10-26(11-7-23)35-16-14-34(15-17-35)22(3)36/h8-9,12-13,19-21,23,26,33H,6-7,10-11,14-18H2,1-5H3. The van der Waals surface area contributed by atoms with E-state index in [2.05, 4.69) is 54.1 Å². The van der Waals surface area contributed by atoms with E-state index >= 15 is 0 Å². The smallest absolute Gasteiger partial charge is 0.219 e. The molecule has 2 aliphatic rings. The number of carbonyl (C=O) groups is 1. The predicted octanol–water partition coefficient (Wildman–Crippen LogP) is 6.24. The van der Waals surface area contributed by atoms with E-state index in [-0.39, 0.29) is 5.91 Å². The van der Waals surface area contributed by atoms with Crippen LogP contribution in [-0.2, 0) is 11.2 Å². The van der Waals surface area contributed by atoms with Crippen molar-refractivity contribution in [3.63, 3.8) is 0 Å². The van der Waals surface area contributed by atoms with Crippen molar-refractivity contribution in [2.24, 2.45) is 5.92 Å². The number of ether oxygens (including phenoxy) is 2. The van der Waals surface area contributed by atoms with Crippen LogP contribution in [0.5, 0.6) is 11.5 Å². The highest BCUT2D eigenvalue weighted by atomic mass is 16.5. The second kappa shape index (κ2) is 11.4. The third kappa shape index (κ3) is 5.42. The number of methoxy groups -OCH3 is 2. The van der Waals surface area contributed by atoms with Gasteiger partial charge in [0.1, 0.15) is 0 Å². The molecular weight excluding hydrogens is 474 g/mol. The van der Waals surface area contributed by atoms with E-state index in [0.29, 0.717) is 12.0 Å². The van der Waals surface area contributed by atoms with Crippen LogP contribution in [0.2, 0.25) is 0 Å². The first kappa shape index (κ1) is 26.6. The number of nitrogens with zero attached hydrogens (tertiary/aromatic N) is 2. The highest BCUT2D eigenvalue weighted by Gasteiger charge is 2.29. The lowest BCUT2D eigenvalue weighted by Crippen LogP contribution is -2.52. The lowest BCUT2D eigenvalue weighted by atomic mass is 9.81. The summed E-state index contributed by atoms with van der Waals surface area (Å²) in [6.07, 6.45) is 6.28. The summed E-state index contributed by atoms with van der Waals surface area (Å²) < 4.78 is 11.0. The van der Waals surface area contributed by atoms with E-state index in [1.54, 1.807) is 21.1 Å². The van der Waals surface area contributed by atoms with Gasteiger partial charge in [0.25, 0.3) is 0 Å². The summed E-state index contributed by atoms with van der Waals surface area (Å²) >= 11 is 0. The lowest BCUT2D eigenvalue weighted by molar-refractivity contribution is -0.131. The summed E-state index contributed by atoms with van der Waals surface area (Å²) in [6, 6.07) is 13.8. The molecular formula is C32H43N3O3. The number of amides is 1. The van der Waals surface area contributed by atoms with Gasteiger partial charge in [0.05, 0.1) is 19.9 Å². The van der Waals surface area contributed by atoms with Gasteiger partial charge in [-0.1, -0.05) is 19.9 Å². The molecule has 1 N–H and O–H groups in total. The quantitative estimate of drug-likeness (QED) is 0.403. The number of rotatable bonds is 7. The fraction of sp³-hybridized carbons (Fsp3) is 0.531. The SMILES string of the molecule is COc1ccc(-c2[nH]c3ccc(CC4CCC(N5CCN(C(C)=O)CC5)CC4)cc3c2C(C)C)cc1OC. The minimum Gasteiger partial charge on any atom is -0.493 e. The van der Waals surface area contributed by atoms with Crippen molar-refractivity contribution in [2.75, 3.05) is 40.4 Å². The second-order valence-corrected chi connectivity index (χ2v) is 11.4. The average Bonchev–Trinajstić information content (AvgIpc) is 3.32. The van der Waals surface area contributed by atoms with Crippen molar-refractivity contribution in [1.82, 2.24) is 14.8 Å². The fourth-order valence-electron chi connectivity index (χ4n) is 6.66. The number of hydrogen-bond donors (Lipinski definition) is 1. The molecule has 2 fully saturated rings. The summed E-state index contributed by atoms with van der Waals surface area (Å²) in [5.41, 5.74) is 6.28. The molecule has 1 aliphatic heterocycles. The van der Waals surface area contributed by atoms with Gasteiger partial charge in [-0.2, -0.15) is 0 Å². The zero-order valence-corrected chi connectivity index (χ0v) is 23.7. The minimum atomic E-state index is 0.212. The first-order chi connectivity index (χ1) is 18.4. The average molecular weight is 518 g/mol. The molecule has 1 aromatic heterocycles. The Kier molecular flexibility index (Phi) is 7.98. The molecule has 5 rings (SSSR count). The van der Waals surface area contributed by atoms with Crippen LogP contribution in [0, 0.1) is 5.92 Å². The van der Waals surface area contributed by atoms with Gasteiger partial charge in [-0.3, -0.25) is 9.69 Å². The first-order valence-corrected chi connectivity index (χ1v) is 14.2. The zero-order valence-electron chi connectivity index (χ0n) is 23.7. The molecule has 0 unspecified atom stereocenters. The van der Waals surface area contributed by atoms with E-state index in [1.165, 1.54) is 53.4 Å². The molecule has 204 valence electrons. The Hall–Kier alpha value is -2.99. The second-order valence-electron chi connectivity index (χ2n) is 11.4. The molecule has 6 nitrogen and oxygen atoms in total. The normalized spacial score (nSPS) is 20.7. The van der Waals surface area contributed by atoms with E-state index in [4.69, 9.17) is 9.47 Å². The minimum absolute atomic E-state index is 0.212. The largest absolute Gasteiger partial charge is 0.493 e. The number of benzene rings is 2. The maximum absolute atomic E-state index is 11.7. The Morgan fingerprint density at radius 3 is 2.29 bits per heavy atom. The maximum Gasteiger partial charge on any atom is 0.219 e. The van der Waals surface area contributed by atoms with Crippen LogP contribution in [0.3, 0.4) is 0 Å². The van der Waals surface area contributed by atoms with Crippen LogP contribution in [0.15, 0.2) is 36.4 Å². The Morgan fingerprint density at radius 2 is 1.66 bits per heavy atom. The first-order valence-electron chi connectivity index (χ1n) is 14.2. The fourth-order valence-corrected chi connectivity index (χ4v) is 6.66. The molecule has 2 heterocycles.